The van der Waals surface area contributed by atoms with Crippen molar-refractivity contribution in [2.24, 2.45) is 0 Å². The van der Waals surface area contributed by atoms with Gasteiger partial charge in [-0.05, 0) is 49.6 Å². The maximum atomic E-state index is 4.46. The highest BCUT2D eigenvalue weighted by Gasteiger charge is 2.06. The highest BCUT2D eigenvalue weighted by atomic mass is 79.9. The van der Waals surface area contributed by atoms with Crippen LogP contribution in [0.5, 0.6) is 0 Å². The normalized spacial score (nSPS) is 10.7. The minimum atomic E-state index is 0.818. The van der Waals surface area contributed by atoms with Crippen molar-refractivity contribution in [1.82, 2.24) is 9.97 Å². The van der Waals surface area contributed by atoms with Crippen LogP contribution in [0.25, 0.3) is 11.3 Å². The molecule has 0 aliphatic heterocycles. The number of benzene rings is 2. The molecular formula is C16H12Br2N2. The minimum absolute atomic E-state index is 0.818. The molecule has 2 nitrogen and oxygen atoms in total. The molecule has 0 unspecified atom stereocenters. The largest absolute Gasteiger partial charge is 0.342 e. The van der Waals surface area contributed by atoms with Gasteiger partial charge in [-0.1, -0.05) is 36.4 Å². The smallest absolute Gasteiger partial charge is 0.110 e. The third-order valence-corrected chi connectivity index (χ3v) is 4.95. The van der Waals surface area contributed by atoms with Gasteiger partial charge in [-0.25, -0.2) is 4.98 Å². The van der Waals surface area contributed by atoms with Crippen molar-refractivity contribution in [3.05, 3.63) is 75.1 Å². The number of aromatic amines is 1. The van der Waals surface area contributed by atoms with Crippen LogP contribution in [0.15, 0.2) is 63.7 Å². The Labute approximate surface area is 134 Å². The van der Waals surface area contributed by atoms with Gasteiger partial charge in [0.15, 0.2) is 0 Å². The van der Waals surface area contributed by atoms with Gasteiger partial charge in [0.25, 0.3) is 0 Å². The molecule has 0 saturated carbocycles. The van der Waals surface area contributed by atoms with Crippen molar-refractivity contribution in [3.63, 3.8) is 0 Å². The topological polar surface area (TPSA) is 28.7 Å². The Bertz CT molecular complexity index is 720. The first-order valence-electron chi connectivity index (χ1n) is 6.25. The first-order chi connectivity index (χ1) is 9.72. The SMILES string of the molecule is Brc1ccc(-c2cnc(Cc3ccccc3)[nH]2)cc1Br. The van der Waals surface area contributed by atoms with Gasteiger partial charge in [-0.2, -0.15) is 0 Å². The molecular weight excluding hydrogens is 380 g/mol. The quantitative estimate of drug-likeness (QED) is 0.653. The summed E-state index contributed by atoms with van der Waals surface area (Å²) < 4.78 is 2.08. The van der Waals surface area contributed by atoms with Gasteiger partial charge in [0, 0.05) is 20.9 Å². The highest BCUT2D eigenvalue weighted by molar-refractivity contribution is 9.13. The van der Waals surface area contributed by atoms with Crippen LogP contribution < -0.4 is 0 Å². The average Bonchev–Trinajstić information content (AvgIpc) is 2.91. The van der Waals surface area contributed by atoms with Crippen molar-refractivity contribution in [1.29, 1.82) is 0 Å². The third-order valence-electron chi connectivity index (χ3n) is 3.07. The molecule has 3 rings (SSSR count). The Balaban J connectivity index is 1.84. The zero-order chi connectivity index (χ0) is 13.9. The molecule has 0 aliphatic carbocycles. The van der Waals surface area contributed by atoms with E-state index < -0.39 is 0 Å². The molecule has 1 aromatic heterocycles. The van der Waals surface area contributed by atoms with Gasteiger partial charge in [0.1, 0.15) is 5.82 Å². The molecule has 20 heavy (non-hydrogen) atoms. The van der Waals surface area contributed by atoms with Crippen LogP contribution in [-0.4, -0.2) is 9.97 Å². The summed E-state index contributed by atoms with van der Waals surface area (Å²) in [7, 11) is 0. The zero-order valence-corrected chi connectivity index (χ0v) is 13.8. The maximum Gasteiger partial charge on any atom is 0.110 e. The fourth-order valence-electron chi connectivity index (χ4n) is 2.05. The third kappa shape index (κ3) is 3.02. The number of hydrogen-bond acceptors (Lipinski definition) is 1. The Morgan fingerprint density at radius 2 is 1.75 bits per heavy atom. The van der Waals surface area contributed by atoms with Crippen molar-refractivity contribution in [2.75, 3.05) is 0 Å². The van der Waals surface area contributed by atoms with Gasteiger partial charge < -0.3 is 4.98 Å². The molecule has 0 fully saturated rings. The highest BCUT2D eigenvalue weighted by Crippen LogP contribution is 2.28. The average molecular weight is 392 g/mol. The second kappa shape index (κ2) is 5.94. The van der Waals surface area contributed by atoms with Crippen molar-refractivity contribution < 1.29 is 0 Å². The molecule has 1 heterocycles. The van der Waals surface area contributed by atoms with E-state index in [1.807, 2.05) is 30.5 Å². The van der Waals surface area contributed by atoms with E-state index in [-0.39, 0.29) is 0 Å². The molecule has 1 N–H and O–H groups in total. The van der Waals surface area contributed by atoms with Crippen molar-refractivity contribution in [3.8, 4) is 11.3 Å². The molecule has 100 valence electrons. The predicted octanol–water partition coefficient (Wildman–Crippen LogP) is 5.19. The molecule has 4 heteroatoms. The number of rotatable bonds is 3. The van der Waals surface area contributed by atoms with Crippen LogP contribution in [0.3, 0.4) is 0 Å². The molecule has 0 spiro atoms. The van der Waals surface area contributed by atoms with E-state index in [1.165, 1.54) is 5.56 Å². The summed E-state index contributed by atoms with van der Waals surface area (Å²) in [5, 5.41) is 0. The van der Waals surface area contributed by atoms with Crippen molar-refractivity contribution in [2.45, 2.75) is 6.42 Å². The second-order valence-corrected chi connectivity index (χ2v) is 6.24. The number of nitrogens with one attached hydrogen (secondary N) is 1. The summed E-state index contributed by atoms with van der Waals surface area (Å²) in [5.41, 5.74) is 3.40. The molecule has 0 aliphatic rings. The number of aromatic nitrogens is 2. The predicted molar refractivity (Wildman–Crippen MR) is 88.7 cm³/mol. The maximum absolute atomic E-state index is 4.46. The van der Waals surface area contributed by atoms with E-state index in [2.05, 4.69) is 66.1 Å². The first-order valence-corrected chi connectivity index (χ1v) is 7.84. The molecule has 0 bridgehead atoms. The molecule has 0 saturated heterocycles. The zero-order valence-electron chi connectivity index (χ0n) is 10.6. The lowest BCUT2D eigenvalue weighted by molar-refractivity contribution is 1.03. The monoisotopic (exact) mass is 390 g/mol. The van der Waals surface area contributed by atoms with Gasteiger partial charge in [0.05, 0.1) is 11.9 Å². The van der Waals surface area contributed by atoms with E-state index in [4.69, 9.17) is 0 Å². The summed E-state index contributed by atoms with van der Waals surface area (Å²) in [6.07, 6.45) is 2.70. The lowest BCUT2D eigenvalue weighted by atomic mass is 10.1. The van der Waals surface area contributed by atoms with E-state index >= 15 is 0 Å². The van der Waals surface area contributed by atoms with Crippen molar-refractivity contribution >= 4 is 31.9 Å². The number of hydrogen-bond donors (Lipinski definition) is 1. The van der Waals surface area contributed by atoms with Crippen LogP contribution in [0.1, 0.15) is 11.4 Å². The van der Waals surface area contributed by atoms with Gasteiger partial charge >= 0.3 is 0 Å². The second-order valence-electron chi connectivity index (χ2n) is 4.53. The molecule has 0 amide bonds. The van der Waals surface area contributed by atoms with E-state index in [9.17, 15) is 0 Å². The van der Waals surface area contributed by atoms with Crippen LogP contribution >= 0.6 is 31.9 Å². The first kappa shape index (κ1) is 13.6. The summed E-state index contributed by atoms with van der Waals surface area (Å²) in [5.74, 6) is 0.977. The van der Waals surface area contributed by atoms with Gasteiger partial charge in [-0.15, -0.1) is 0 Å². The summed E-state index contributed by atoms with van der Waals surface area (Å²) >= 11 is 7.00. The minimum Gasteiger partial charge on any atom is -0.342 e. The summed E-state index contributed by atoms with van der Waals surface area (Å²) in [6, 6.07) is 16.5. The lowest BCUT2D eigenvalue weighted by Gasteiger charge is -2.01. The Morgan fingerprint density at radius 1 is 0.950 bits per heavy atom. The number of nitrogens with zero attached hydrogens (tertiary/aromatic N) is 1. The number of imidazole rings is 1. The fraction of sp³-hybridized carbons (Fsp3) is 0.0625. The number of halogens is 2. The summed E-state index contributed by atoms with van der Waals surface area (Å²) in [6.45, 7) is 0. The van der Waals surface area contributed by atoms with E-state index in [1.54, 1.807) is 0 Å². The van der Waals surface area contributed by atoms with E-state index in [0.717, 1.165) is 32.4 Å². The van der Waals surface area contributed by atoms with Gasteiger partial charge in [-0.3, -0.25) is 0 Å². The van der Waals surface area contributed by atoms with Crippen LogP contribution in [0, 0.1) is 0 Å². The van der Waals surface area contributed by atoms with Crippen LogP contribution in [0.2, 0.25) is 0 Å². The molecule has 0 radical (unpaired) electrons. The molecule has 0 atom stereocenters. The fourth-order valence-corrected chi connectivity index (χ4v) is 2.68. The van der Waals surface area contributed by atoms with E-state index in [0.29, 0.717) is 0 Å². The molecule has 2 aromatic carbocycles. The van der Waals surface area contributed by atoms with Crippen LogP contribution in [-0.2, 0) is 6.42 Å². The lowest BCUT2D eigenvalue weighted by Crippen LogP contribution is -1.90. The van der Waals surface area contributed by atoms with Crippen LogP contribution in [0.4, 0.5) is 0 Å². The molecule has 3 aromatic rings. The standard InChI is InChI=1S/C16H12Br2N2/c17-13-7-6-12(9-14(13)18)15-10-19-16(20-15)8-11-4-2-1-3-5-11/h1-7,9-10H,8H2,(H,19,20). The summed E-state index contributed by atoms with van der Waals surface area (Å²) in [4.78, 5) is 7.83. The Hall–Kier alpha value is -1.39. The van der Waals surface area contributed by atoms with Gasteiger partial charge in [0.2, 0.25) is 0 Å². The Morgan fingerprint density at radius 3 is 2.50 bits per heavy atom. The Kier molecular flexibility index (Phi) is 4.03. The number of H-pyrrole nitrogens is 1.